The highest BCUT2D eigenvalue weighted by molar-refractivity contribution is 9.10. The van der Waals surface area contributed by atoms with Crippen molar-refractivity contribution in [2.24, 2.45) is 0 Å². The molecular weight excluding hydrogens is 349 g/mol. The normalized spacial score (nSPS) is 14.4. The van der Waals surface area contributed by atoms with E-state index in [-0.39, 0.29) is 5.82 Å². The fraction of sp³-hybridized carbons (Fsp3) is 0.294. The maximum absolute atomic E-state index is 13.3. The molecule has 110 valence electrons. The Morgan fingerprint density at radius 2 is 1.86 bits per heavy atom. The van der Waals surface area contributed by atoms with Gasteiger partial charge in [-0.25, -0.2) is 4.39 Å². The minimum absolute atomic E-state index is 0.193. The molecule has 0 radical (unpaired) electrons. The molecule has 1 N–H and O–H groups in total. The van der Waals surface area contributed by atoms with Gasteiger partial charge in [0.2, 0.25) is 0 Å². The van der Waals surface area contributed by atoms with E-state index in [0.717, 1.165) is 28.4 Å². The van der Waals surface area contributed by atoms with Crippen LogP contribution in [0.1, 0.15) is 24.0 Å². The maximum atomic E-state index is 13.3. The molecular formula is C17H17BrFNS. The number of halogens is 2. The van der Waals surface area contributed by atoms with Crippen LogP contribution in [0.5, 0.6) is 0 Å². The lowest BCUT2D eigenvalue weighted by molar-refractivity contribution is 0.625. The number of thioether (sulfide) groups is 1. The van der Waals surface area contributed by atoms with Crippen LogP contribution in [0.2, 0.25) is 0 Å². The van der Waals surface area contributed by atoms with Gasteiger partial charge >= 0.3 is 0 Å². The van der Waals surface area contributed by atoms with Crippen LogP contribution in [0.4, 0.5) is 4.39 Å². The predicted octanol–water partition coefficient (Wildman–Crippen LogP) is 5.13. The molecule has 1 saturated carbocycles. The van der Waals surface area contributed by atoms with E-state index in [4.69, 9.17) is 0 Å². The molecule has 0 bridgehead atoms. The molecule has 0 amide bonds. The van der Waals surface area contributed by atoms with Gasteiger partial charge in [0.25, 0.3) is 0 Å². The third kappa shape index (κ3) is 4.83. The number of hydrogen-bond acceptors (Lipinski definition) is 2. The van der Waals surface area contributed by atoms with E-state index in [9.17, 15) is 4.39 Å². The Morgan fingerprint density at radius 3 is 2.52 bits per heavy atom. The molecule has 4 heteroatoms. The van der Waals surface area contributed by atoms with Crippen LogP contribution in [0.25, 0.3) is 0 Å². The Morgan fingerprint density at radius 1 is 1.10 bits per heavy atom. The van der Waals surface area contributed by atoms with Crippen molar-refractivity contribution < 1.29 is 4.39 Å². The Kier molecular flexibility index (Phi) is 4.99. The molecule has 2 aromatic carbocycles. The molecule has 0 saturated heterocycles. The Balaban J connectivity index is 1.54. The summed E-state index contributed by atoms with van der Waals surface area (Å²) in [6.07, 6.45) is 2.63. The predicted molar refractivity (Wildman–Crippen MR) is 90.0 cm³/mol. The molecule has 0 atom stereocenters. The highest BCUT2D eigenvalue weighted by Gasteiger charge is 2.19. The first-order valence-electron chi connectivity index (χ1n) is 7.09. The van der Waals surface area contributed by atoms with E-state index >= 15 is 0 Å². The quantitative estimate of drug-likeness (QED) is 0.711. The van der Waals surface area contributed by atoms with E-state index in [1.807, 2.05) is 6.07 Å². The van der Waals surface area contributed by atoms with Crippen molar-refractivity contribution in [1.29, 1.82) is 0 Å². The zero-order valence-electron chi connectivity index (χ0n) is 11.6. The molecule has 1 aliphatic rings. The molecule has 0 spiro atoms. The summed E-state index contributed by atoms with van der Waals surface area (Å²) in [5, 5.41) is 3.51. The number of benzene rings is 2. The van der Waals surface area contributed by atoms with Gasteiger partial charge in [0.1, 0.15) is 5.82 Å². The van der Waals surface area contributed by atoms with Gasteiger partial charge < -0.3 is 5.32 Å². The zero-order chi connectivity index (χ0) is 14.7. The first-order chi connectivity index (χ1) is 10.2. The summed E-state index contributed by atoms with van der Waals surface area (Å²) >= 11 is 5.05. The molecule has 21 heavy (non-hydrogen) atoms. The summed E-state index contributed by atoms with van der Waals surface area (Å²) < 4.78 is 14.1. The smallest absolute Gasteiger partial charge is 0.124 e. The van der Waals surface area contributed by atoms with Gasteiger partial charge in [0.05, 0.1) is 0 Å². The van der Waals surface area contributed by atoms with Crippen LogP contribution >= 0.6 is 27.7 Å². The van der Waals surface area contributed by atoms with Crippen molar-refractivity contribution in [2.45, 2.75) is 36.1 Å². The fourth-order valence-corrected chi connectivity index (χ4v) is 3.46. The van der Waals surface area contributed by atoms with E-state index < -0.39 is 0 Å². The standard InChI is InChI=1S/C17H17BrFNS/c18-14-7-13(8-15(19)9-14)11-21-17-5-1-12(2-6-17)10-20-16-3-4-16/h1-2,5-9,16,20H,3-4,10-11H2. The number of nitrogens with one attached hydrogen (secondary N) is 1. The lowest BCUT2D eigenvalue weighted by Gasteiger charge is -2.06. The average molecular weight is 366 g/mol. The second-order valence-electron chi connectivity index (χ2n) is 5.37. The molecule has 0 aliphatic heterocycles. The van der Waals surface area contributed by atoms with Crippen molar-refractivity contribution in [3.63, 3.8) is 0 Å². The summed E-state index contributed by atoms with van der Waals surface area (Å²) in [6.45, 7) is 0.951. The molecule has 1 nitrogen and oxygen atoms in total. The highest BCUT2D eigenvalue weighted by Crippen LogP contribution is 2.25. The van der Waals surface area contributed by atoms with Crippen molar-refractivity contribution in [2.75, 3.05) is 0 Å². The molecule has 2 aromatic rings. The zero-order valence-corrected chi connectivity index (χ0v) is 14.0. The van der Waals surface area contributed by atoms with Crippen LogP contribution in [-0.4, -0.2) is 6.04 Å². The molecule has 0 heterocycles. The maximum Gasteiger partial charge on any atom is 0.124 e. The molecule has 3 rings (SSSR count). The monoisotopic (exact) mass is 365 g/mol. The first kappa shape index (κ1) is 15.1. The Hall–Kier alpha value is -0.840. The second-order valence-corrected chi connectivity index (χ2v) is 7.33. The van der Waals surface area contributed by atoms with Crippen LogP contribution in [0, 0.1) is 5.82 Å². The van der Waals surface area contributed by atoms with Gasteiger partial charge in [0, 0.05) is 27.7 Å². The first-order valence-corrected chi connectivity index (χ1v) is 8.87. The van der Waals surface area contributed by atoms with Crippen LogP contribution in [0.3, 0.4) is 0 Å². The van der Waals surface area contributed by atoms with Gasteiger partial charge in [-0.15, -0.1) is 11.8 Å². The van der Waals surface area contributed by atoms with Gasteiger partial charge in [-0.1, -0.05) is 28.1 Å². The highest BCUT2D eigenvalue weighted by atomic mass is 79.9. The fourth-order valence-electron chi connectivity index (χ4n) is 2.11. The summed E-state index contributed by atoms with van der Waals surface area (Å²) in [4.78, 5) is 1.21. The molecule has 0 unspecified atom stereocenters. The molecule has 1 fully saturated rings. The van der Waals surface area contributed by atoms with Gasteiger partial charge in [0.15, 0.2) is 0 Å². The average Bonchev–Trinajstić information content (AvgIpc) is 3.27. The SMILES string of the molecule is Fc1cc(Br)cc(CSc2ccc(CNC3CC3)cc2)c1. The Labute approximate surface area is 137 Å². The van der Waals surface area contributed by atoms with Crippen molar-refractivity contribution in [3.05, 3.63) is 63.9 Å². The minimum Gasteiger partial charge on any atom is -0.310 e. The summed E-state index contributed by atoms with van der Waals surface area (Å²) in [5.74, 6) is 0.581. The van der Waals surface area contributed by atoms with E-state index in [0.29, 0.717) is 0 Å². The third-order valence-electron chi connectivity index (χ3n) is 3.42. The van der Waals surface area contributed by atoms with E-state index in [2.05, 4.69) is 45.5 Å². The Bertz CT molecular complexity index is 590. The molecule has 1 aliphatic carbocycles. The lowest BCUT2D eigenvalue weighted by Crippen LogP contribution is -2.14. The number of rotatable bonds is 6. The van der Waals surface area contributed by atoms with Crippen LogP contribution < -0.4 is 5.32 Å². The van der Waals surface area contributed by atoms with E-state index in [1.54, 1.807) is 17.8 Å². The van der Waals surface area contributed by atoms with Crippen LogP contribution in [0.15, 0.2) is 51.8 Å². The van der Waals surface area contributed by atoms with Crippen LogP contribution in [-0.2, 0) is 12.3 Å². The largest absolute Gasteiger partial charge is 0.310 e. The number of hydrogen-bond donors (Lipinski definition) is 1. The third-order valence-corrected chi connectivity index (χ3v) is 4.96. The van der Waals surface area contributed by atoms with Crippen molar-refractivity contribution in [3.8, 4) is 0 Å². The summed E-state index contributed by atoms with van der Waals surface area (Å²) in [5.41, 5.74) is 2.31. The minimum atomic E-state index is -0.193. The summed E-state index contributed by atoms with van der Waals surface area (Å²) in [7, 11) is 0. The summed E-state index contributed by atoms with van der Waals surface area (Å²) in [6, 6.07) is 14.4. The topological polar surface area (TPSA) is 12.0 Å². The van der Waals surface area contributed by atoms with Gasteiger partial charge in [-0.05, 0) is 54.3 Å². The van der Waals surface area contributed by atoms with E-state index in [1.165, 1.54) is 29.4 Å². The lowest BCUT2D eigenvalue weighted by atomic mass is 10.2. The second kappa shape index (κ2) is 6.95. The van der Waals surface area contributed by atoms with Crippen molar-refractivity contribution >= 4 is 27.7 Å². The molecule has 0 aromatic heterocycles. The van der Waals surface area contributed by atoms with Crippen molar-refractivity contribution in [1.82, 2.24) is 5.32 Å². The van der Waals surface area contributed by atoms with Gasteiger partial charge in [-0.2, -0.15) is 0 Å². The van der Waals surface area contributed by atoms with Gasteiger partial charge in [-0.3, -0.25) is 0 Å².